The first-order valence-electron chi connectivity index (χ1n) is 8.68. The normalized spacial score (nSPS) is 11.2. The van der Waals surface area contributed by atoms with E-state index in [1.165, 1.54) is 44.3 Å². The molecule has 0 amide bonds. The van der Waals surface area contributed by atoms with Crippen molar-refractivity contribution in [3.05, 3.63) is 61.2 Å². The zero-order valence-corrected chi connectivity index (χ0v) is 19.3. The summed E-state index contributed by atoms with van der Waals surface area (Å²) in [7, 11) is -0.162. The number of sulfone groups is 1. The van der Waals surface area contributed by atoms with E-state index >= 15 is 0 Å². The molecule has 2 rings (SSSR count). The maximum absolute atomic E-state index is 13.4. The van der Waals surface area contributed by atoms with Crippen molar-refractivity contribution < 1.29 is 17.2 Å². The highest BCUT2D eigenvalue weighted by molar-refractivity contribution is 7.90. The minimum atomic E-state index is -3.31. The topological polar surface area (TPSA) is 64.3 Å². The van der Waals surface area contributed by atoms with Crippen molar-refractivity contribution in [3.8, 4) is 5.69 Å². The molecule has 0 aliphatic heterocycles. The molecule has 0 bridgehead atoms. The Labute approximate surface area is 174 Å². The number of nitrogens with zero attached hydrogens (tertiary/aromatic N) is 3. The lowest BCUT2D eigenvalue weighted by Gasteiger charge is -2.08. The third kappa shape index (κ3) is 8.38. The highest BCUT2D eigenvalue weighted by atomic mass is 32.2. The Bertz CT molecular complexity index is 945. The third-order valence-electron chi connectivity index (χ3n) is 3.23. The van der Waals surface area contributed by atoms with Crippen LogP contribution in [0, 0.1) is 0 Å². The zero-order chi connectivity index (χ0) is 22.8. The molecule has 5 nitrogen and oxygen atoms in total. The molecule has 1 aromatic heterocycles. The Morgan fingerprint density at radius 3 is 2.10 bits per heavy atom. The first-order chi connectivity index (χ1) is 13.4. The molecule has 0 aliphatic carbocycles. The fraction of sp³-hybridized carbons (Fsp3) is 0.300. The van der Waals surface area contributed by atoms with Gasteiger partial charge >= 0.3 is 5.66 Å². The fourth-order valence-corrected chi connectivity index (χ4v) is 2.77. The van der Waals surface area contributed by atoms with E-state index < -0.39 is 21.2 Å². The van der Waals surface area contributed by atoms with E-state index in [4.69, 9.17) is 0 Å². The average Bonchev–Trinajstić information content (AvgIpc) is 3.10. The second-order valence-electron chi connectivity index (χ2n) is 5.63. The van der Waals surface area contributed by atoms with Crippen LogP contribution in [0.5, 0.6) is 0 Å². The van der Waals surface area contributed by atoms with Gasteiger partial charge in [-0.15, -0.1) is 0 Å². The maximum atomic E-state index is 13.4. The van der Waals surface area contributed by atoms with Crippen LogP contribution < -0.4 is 0 Å². The van der Waals surface area contributed by atoms with Gasteiger partial charge in [-0.25, -0.2) is 13.4 Å². The minimum absolute atomic E-state index is 0.157. The van der Waals surface area contributed by atoms with E-state index in [-0.39, 0.29) is 4.90 Å². The molecule has 1 atom stereocenters. The zero-order valence-electron chi connectivity index (χ0n) is 17.4. The lowest BCUT2D eigenvalue weighted by Crippen LogP contribution is -2.02. The quantitative estimate of drug-likeness (QED) is 0.475. The lowest BCUT2D eigenvalue weighted by molar-refractivity contribution is 0.0990. The van der Waals surface area contributed by atoms with Crippen LogP contribution in [0.4, 0.5) is 8.78 Å². The number of hydrogen-bond acceptors (Lipinski definition) is 4. The highest BCUT2D eigenvalue weighted by Gasteiger charge is 2.29. The maximum Gasteiger partial charge on any atom is 0.301 e. The number of aromatic nitrogens is 2. The van der Waals surface area contributed by atoms with Crippen LogP contribution in [-0.4, -0.2) is 37.5 Å². The van der Waals surface area contributed by atoms with Gasteiger partial charge in [-0.2, -0.15) is 8.78 Å². The molecule has 2 aromatic rings. The van der Waals surface area contributed by atoms with Crippen molar-refractivity contribution in [2.75, 3.05) is 13.3 Å². The molecule has 0 saturated carbocycles. The monoisotopic (exact) mass is 443 g/mol. The van der Waals surface area contributed by atoms with Crippen molar-refractivity contribution in [2.45, 2.75) is 31.3 Å². The molecule has 29 heavy (non-hydrogen) atoms. The van der Waals surface area contributed by atoms with E-state index in [0.29, 0.717) is 17.1 Å². The third-order valence-corrected chi connectivity index (χ3v) is 4.65. The van der Waals surface area contributed by atoms with Crippen molar-refractivity contribution in [3.63, 3.8) is 0 Å². The van der Waals surface area contributed by atoms with Gasteiger partial charge in [-0.05, 0) is 36.8 Å². The molecule has 9 heteroatoms. The summed E-state index contributed by atoms with van der Waals surface area (Å²) in [5.74, 6) is 0.296. The fourth-order valence-electron chi connectivity index (χ4n) is 2.00. The van der Waals surface area contributed by atoms with Gasteiger partial charge in [0.25, 0.3) is 0 Å². The van der Waals surface area contributed by atoms with Crippen molar-refractivity contribution in [2.24, 2.45) is 4.99 Å². The smallest absolute Gasteiger partial charge is 0.300 e. The molecular weight excluding hydrogens is 415 g/mol. The Morgan fingerprint density at radius 1 is 1.28 bits per heavy atom. The van der Waals surface area contributed by atoms with E-state index in [0.717, 1.165) is 6.26 Å². The minimum Gasteiger partial charge on any atom is -0.300 e. The summed E-state index contributed by atoms with van der Waals surface area (Å²) < 4.78 is 51.2. The first-order valence-corrected chi connectivity index (χ1v) is 11.1. The van der Waals surface area contributed by atoms with E-state index in [1.54, 1.807) is 26.3 Å². The Morgan fingerprint density at radius 2 is 1.79 bits per heavy atom. The summed E-state index contributed by atoms with van der Waals surface area (Å²) in [5, 5.41) is 0. The van der Waals surface area contributed by atoms with Gasteiger partial charge in [-0.1, -0.05) is 42.3 Å². The summed E-state index contributed by atoms with van der Waals surface area (Å²) >= 11 is 0. The summed E-state index contributed by atoms with van der Waals surface area (Å²) in [6, 6.07) is 5.92. The Hall–Kier alpha value is -2.18. The predicted molar refractivity (Wildman–Crippen MR) is 121 cm³/mol. The lowest BCUT2D eigenvalue weighted by atomic mass is 10.3. The predicted octanol–water partition coefficient (Wildman–Crippen LogP) is 5.13. The first kappa shape index (κ1) is 26.8. The van der Waals surface area contributed by atoms with E-state index in [2.05, 4.69) is 23.1 Å². The molecule has 1 unspecified atom stereocenters. The molecule has 1 aromatic carbocycles. The van der Waals surface area contributed by atoms with Crippen molar-refractivity contribution in [1.29, 1.82) is 0 Å². The van der Waals surface area contributed by atoms with Crippen LogP contribution in [0.15, 0.2) is 59.6 Å². The molecular formula is C20H28F2N3O2PS. The van der Waals surface area contributed by atoms with E-state index in [1.807, 2.05) is 13.8 Å². The Balaban J connectivity index is 0.000000977. The summed E-state index contributed by atoms with van der Waals surface area (Å²) in [6.45, 7) is 12.8. The largest absolute Gasteiger partial charge is 0.301 e. The summed E-state index contributed by atoms with van der Waals surface area (Å²) in [4.78, 5) is 7.67. The number of benzene rings is 1. The van der Waals surface area contributed by atoms with Gasteiger partial charge in [0.15, 0.2) is 9.84 Å². The Kier molecular flexibility index (Phi) is 10.9. The molecule has 0 spiro atoms. The second-order valence-corrected chi connectivity index (χ2v) is 8.37. The standard InChI is InChI=1S/C14H15F2N2O2PS.C4H7N.C2H6/c1-9(2)13-17-12(14(15,16)21)8-18(13)10-4-6-11(7-5-10)22(3,19)20;1-3-4-5-2;1-2/h4-8H,1,21H2,2-3H3;3-4H,1H2,2H3;1-2H3. The van der Waals surface area contributed by atoms with Crippen LogP contribution in [0.3, 0.4) is 0 Å². The summed E-state index contributed by atoms with van der Waals surface area (Å²) in [5.41, 5.74) is -2.50. The van der Waals surface area contributed by atoms with Crippen LogP contribution in [0.1, 0.15) is 32.3 Å². The van der Waals surface area contributed by atoms with Crippen LogP contribution in [-0.2, 0) is 15.5 Å². The van der Waals surface area contributed by atoms with E-state index in [9.17, 15) is 17.2 Å². The average molecular weight is 444 g/mol. The van der Waals surface area contributed by atoms with Gasteiger partial charge < -0.3 is 0 Å². The number of alkyl halides is 2. The summed E-state index contributed by atoms with van der Waals surface area (Å²) in [6.07, 6.45) is 5.60. The van der Waals surface area contributed by atoms with Gasteiger partial charge in [0, 0.05) is 31.4 Å². The number of imidazole rings is 1. The van der Waals surface area contributed by atoms with Gasteiger partial charge in [0.05, 0.1) is 4.90 Å². The van der Waals surface area contributed by atoms with Crippen molar-refractivity contribution >= 4 is 30.9 Å². The second kappa shape index (κ2) is 11.7. The van der Waals surface area contributed by atoms with Crippen molar-refractivity contribution in [1.82, 2.24) is 9.55 Å². The van der Waals surface area contributed by atoms with Gasteiger partial charge in [0.2, 0.25) is 0 Å². The molecule has 0 aliphatic rings. The van der Waals surface area contributed by atoms with Crippen LogP contribution in [0.25, 0.3) is 11.3 Å². The van der Waals surface area contributed by atoms with Gasteiger partial charge in [-0.3, -0.25) is 9.56 Å². The molecule has 1 heterocycles. The number of allylic oxidation sites excluding steroid dienone is 2. The number of halogens is 2. The highest BCUT2D eigenvalue weighted by Crippen LogP contribution is 2.35. The number of rotatable bonds is 5. The SMILES string of the molecule is C=C(C)c1nc(C(F)(F)P)cn1-c1ccc(S(C)(=O)=O)cc1.C=CC=NC.CC. The van der Waals surface area contributed by atoms with Gasteiger partial charge in [0.1, 0.15) is 11.5 Å². The molecule has 0 radical (unpaired) electrons. The molecule has 0 N–H and O–H groups in total. The number of aliphatic imine (C=N–C) groups is 1. The molecule has 160 valence electrons. The molecule has 0 saturated heterocycles. The van der Waals surface area contributed by atoms with Crippen LogP contribution >= 0.6 is 9.24 Å². The molecule has 0 fully saturated rings. The van der Waals surface area contributed by atoms with Crippen LogP contribution in [0.2, 0.25) is 0 Å². The number of hydrogen-bond donors (Lipinski definition) is 0.